The molecular formula is C18H20N2O3. The van der Waals surface area contributed by atoms with Gasteiger partial charge in [-0.25, -0.2) is 5.01 Å². The van der Waals surface area contributed by atoms with E-state index in [1.54, 1.807) is 36.4 Å². The molecule has 0 bridgehead atoms. The lowest BCUT2D eigenvalue weighted by Crippen LogP contribution is -2.55. The Labute approximate surface area is 135 Å². The van der Waals surface area contributed by atoms with Crippen molar-refractivity contribution in [3.63, 3.8) is 0 Å². The number of carbonyl (C=O) groups is 2. The standard InChI is InChI=1S/C18H20N2O3/c1-18(2,3)20(17(23)14-10-7-11-15(21)12-14)19-16(22)13-8-5-4-6-9-13/h4-12,21H,1-3H3,(H,19,22). The second-order valence-corrected chi connectivity index (χ2v) is 6.17. The van der Waals surface area contributed by atoms with Crippen molar-refractivity contribution in [3.05, 3.63) is 65.7 Å². The van der Waals surface area contributed by atoms with Crippen LogP contribution in [-0.2, 0) is 0 Å². The summed E-state index contributed by atoms with van der Waals surface area (Å²) < 4.78 is 0. The van der Waals surface area contributed by atoms with E-state index in [0.29, 0.717) is 11.1 Å². The van der Waals surface area contributed by atoms with Crippen LogP contribution in [0.15, 0.2) is 54.6 Å². The Hall–Kier alpha value is -2.82. The molecule has 0 atom stereocenters. The van der Waals surface area contributed by atoms with E-state index in [-0.39, 0.29) is 11.7 Å². The Kier molecular flexibility index (Phi) is 4.69. The van der Waals surface area contributed by atoms with Crippen molar-refractivity contribution in [2.75, 3.05) is 0 Å². The number of nitrogens with one attached hydrogen (secondary N) is 1. The maximum Gasteiger partial charge on any atom is 0.272 e. The van der Waals surface area contributed by atoms with Crippen molar-refractivity contribution in [3.8, 4) is 5.75 Å². The van der Waals surface area contributed by atoms with Crippen LogP contribution in [0.5, 0.6) is 5.75 Å². The molecule has 5 heteroatoms. The number of hydrogen-bond acceptors (Lipinski definition) is 3. The van der Waals surface area contributed by atoms with Gasteiger partial charge >= 0.3 is 0 Å². The molecule has 23 heavy (non-hydrogen) atoms. The average Bonchev–Trinajstić information content (AvgIpc) is 2.51. The summed E-state index contributed by atoms with van der Waals surface area (Å²) >= 11 is 0. The molecule has 0 heterocycles. The number of hydrogen-bond donors (Lipinski definition) is 2. The zero-order valence-corrected chi connectivity index (χ0v) is 13.4. The van der Waals surface area contributed by atoms with Crippen LogP contribution >= 0.6 is 0 Å². The molecule has 2 amide bonds. The van der Waals surface area contributed by atoms with Gasteiger partial charge in [0.25, 0.3) is 11.8 Å². The molecule has 0 saturated carbocycles. The fourth-order valence-electron chi connectivity index (χ4n) is 2.05. The van der Waals surface area contributed by atoms with Gasteiger partial charge in [-0.1, -0.05) is 24.3 Å². The third kappa shape index (κ3) is 4.10. The Balaban J connectivity index is 2.28. The van der Waals surface area contributed by atoms with E-state index in [9.17, 15) is 14.7 Å². The van der Waals surface area contributed by atoms with Crippen LogP contribution in [0.1, 0.15) is 41.5 Å². The van der Waals surface area contributed by atoms with E-state index in [1.165, 1.54) is 17.1 Å². The van der Waals surface area contributed by atoms with Crippen molar-refractivity contribution in [1.82, 2.24) is 10.4 Å². The molecule has 5 nitrogen and oxygen atoms in total. The van der Waals surface area contributed by atoms with E-state index < -0.39 is 11.4 Å². The normalized spacial score (nSPS) is 10.9. The number of rotatable bonds is 2. The third-order valence-corrected chi connectivity index (χ3v) is 3.22. The largest absolute Gasteiger partial charge is 0.508 e. The van der Waals surface area contributed by atoms with Gasteiger partial charge in [-0.3, -0.25) is 15.0 Å². The lowest BCUT2D eigenvalue weighted by molar-refractivity contribution is 0.0358. The fourth-order valence-corrected chi connectivity index (χ4v) is 2.05. The highest BCUT2D eigenvalue weighted by Gasteiger charge is 2.29. The van der Waals surface area contributed by atoms with Crippen molar-refractivity contribution < 1.29 is 14.7 Å². The lowest BCUT2D eigenvalue weighted by Gasteiger charge is -2.35. The number of nitrogens with zero attached hydrogens (tertiary/aromatic N) is 1. The number of hydrazine groups is 1. The smallest absolute Gasteiger partial charge is 0.272 e. The number of aromatic hydroxyl groups is 1. The molecule has 0 aliphatic heterocycles. The highest BCUT2D eigenvalue weighted by molar-refractivity contribution is 5.99. The first-order chi connectivity index (χ1) is 10.8. The average molecular weight is 312 g/mol. The Morgan fingerprint density at radius 3 is 2.13 bits per heavy atom. The molecule has 0 spiro atoms. The molecule has 0 aromatic heterocycles. The minimum absolute atomic E-state index is 0.000838. The van der Waals surface area contributed by atoms with Gasteiger partial charge in [0.05, 0.1) is 5.54 Å². The van der Waals surface area contributed by atoms with Crippen LogP contribution in [-0.4, -0.2) is 27.5 Å². The van der Waals surface area contributed by atoms with Crippen LogP contribution < -0.4 is 5.43 Å². The molecule has 0 saturated heterocycles. The third-order valence-electron chi connectivity index (χ3n) is 3.22. The summed E-state index contributed by atoms with van der Waals surface area (Å²) in [4.78, 5) is 25.1. The monoisotopic (exact) mass is 312 g/mol. The van der Waals surface area contributed by atoms with Crippen molar-refractivity contribution >= 4 is 11.8 Å². The summed E-state index contributed by atoms with van der Waals surface area (Å²) in [5, 5.41) is 10.8. The van der Waals surface area contributed by atoms with Crippen LogP contribution in [0.3, 0.4) is 0 Å². The molecule has 0 aliphatic carbocycles. The Morgan fingerprint density at radius 2 is 1.57 bits per heavy atom. The maximum absolute atomic E-state index is 12.7. The minimum Gasteiger partial charge on any atom is -0.508 e. The van der Waals surface area contributed by atoms with E-state index >= 15 is 0 Å². The quantitative estimate of drug-likeness (QED) is 0.838. The van der Waals surface area contributed by atoms with Gasteiger partial charge in [0.1, 0.15) is 5.75 Å². The maximum atomic E-state index is 12.7. The van der Waals surface area contributed by atoms with Gasteiger partial charge in [0.2, 0.25) is 0 Å². The first-order valence-corrected chi connectivity index (χ1v) is 7.28. The van der Waals surface area contributed by atoms with E-state index in [4.69, 9.17) is 0 Å². The first-order valence-electron chi connectivity index (χ1n) is 7.28. The van der Waals surface area contributed by atoms with Gasteiger partial charge in [0, 0.05) is 11.1 Å². The Bertz CT molecular complexity index is 706. The van der Waals surface area contributed by atoms with Crippen molar-refractivity contribution in [2.45, 2.75) is 26.3 Å². The molecule has 2 rings (SSSR count). The number of phenolic OH excluding ortho intramolecular Hbond substituents is 1. The number of benzene rings is 2. The van der Waals surface area contributed by atoms with Crippen molar-refractivity contribution in [1.29, 1.82) is 0 Å². The second-order valence-electron chi connectivity index (χ2n) is 6.17. The molecule has 2 aromatic rings. The van der Waals surface area contributed by atoms with Crippen LogP contribution in [0.25, 0.3) is 0 Å². The molecule has 0 aliphatic rings. The van der Waals surface area contributed by atoms with Crippen LogP contribution in [0, 0.1) is 0 Å². The fraction of sp³-hybridized carbons (Fsp3) is 0.222. The summed E-state index contributed by atoms with van der Waals surface area (Å²) in [6.45, 7) is 5.46. The van der Waals surface area contributed by atoms with Crippen molar-refractivity contribution in [2.24, 2.45) is 0 Å². The highest BCUT2D eigenvalue weighted by Crippen LogP contribution is 2.18. The van der Waals surface area contributed by atoms with Gasteiger partial charge in [0.15, 0.2) is 0 Å². The molecule has 2 N–H and O–H groups in total. The SMILES string of the molecule is CC(C)(C)N(NC(=O)c1ccccc1)C(=O)c1cccc(O)c1. The number of phenols is 1. The zero-order valence-electron chi connectivity index (χ0n) is 13.4. The van der Waals surface area contributed by atoms with Gasteiger partial charge in [-0.15, -0.1) is 0 Å². The lowest BCUT2D eigenvalue weighted by atomic mass is 10.1. The summed E-state index contributed by atoms with van der Waals surface area (Å²) in [7, 11) is 0. The predicted octanol–water partition coefficient (Wildman–Crippen LogP) is 2.98. The summed E-state index contributed by atoms with van der Waals surface area (Å²) in [5.41, 5.74) is 2.78. The van der Waals surface area contributed by atoms with Gasteiger partial charge in [-0.2, -0.15) is 0 Å². The Morgan fingerprint density at radius 1 is 0.957 bits per heavy atom. The predicted molar refractivity (Wildman–Crippen MR) is 87.9 cm³/mol. The van der Waals surface area contributed by atoms with Gasteiger partial charge in [-0.05, 0) is 51.1 Å². The molecule has 0 fully saturated rings. The summed E-state index contributed by atoms with van der Waals surface area (Å²) in [6, 6.07) is 14.7. The van der Waals surface area contributed by atoms with E-state index in [0.717, 1.165) is 0 Å². The molecular weight excluding hydrogens is 292 g/mol. The number of amides is 2. The molecule has 120 valence electrons. The highest BCUT2D eigenvalue weighted by atomic mass is 16.3. The number of carbonyl (C=O) groups excluding carboxylic acids is 2. The van der Waals surface area contributed by atoms with Crippen LogP contribution in [0.4, 0.5) is 0 Å². The molecule has 2 aromatic carbocycles. The molecule has 0 radical (unpaired) electrons. The van der Waals surface area contributed by atoms with E-state index in [1.807, 2.05) is 26.8 Å². The zero-order chi connectivity index (χ0) is 17.0. The molecule has 0 unspecified atom stereocenters. The second kappa shape index (κ2) is 6.52. The van der Waals surface area contributed by atoms with Gasteiger partial charge < -0.3 is 5.11 Å². The van der Waals surface area contributed by atoms with E-state index in [2.05, 4.69) is 5.43 Å². The topological polar surface area (TPSA) is 69.6 Å². The summed E-state index contributed by atoms with van der Waals surface area (Å²) in [5.74, 6) is -0.759. The minimum atomic E-state index is -0.632. The first kappa shape index (κ1) is 16.5. The summed E-state index contributed by atoms with van der Waals surface area (Å²) in [6.07, 6.45) is 0. The van der Waals surface area contributed by atoms with Crippen LogP contribution in [0.2, 0.25) is 0 Å².